The minimum atomic E-state index is -0.430. The monoisotopic (exact) mass is 210 g/mol. The normalized spacial score (nSPS) is 22.7. The van der Waals surface area contributed by atoms with Crippen molar-refractivity contribution < 1.29 is 4.74 Å². The summed E-state index contributed by atoms with van der Waals surface area (Å²) in [6.45, 7) is 7.26. The van der Waals surface area contributed by atoms with Gasteiger partial charge in [-0.1, -0.05) is 12.8 Å². The predicted octanol–water partition coefficient (Wildman–Crippen LogP) is 2.18. The first-order valence-electron chi connectivity index (χ1n) is 5.97. The van der Waals surface area contributed by atoms with Crippen LogP contribution in [0.3, 0.4) is 0 Å². The molecule has 1 atom stereocenters. The highest BCUT2D eigenvalue weighted by Gasteiger charge is 2.32. The molecule has 1 fully saturated rings. The van der Waals surface area contributed by atoms with Crippen molar-refractivity contribution in [3.05, 3.63) is 0 Å². The van der Waals surface area contributed by atoms with Gasteiger partial charge in [0.1, 0.15) is 5.54 Å². The van der Waals surface area contributed by atoms with Gasteiger partial charge in [-0.05, 0) is 39.8 Å². The fourth-order valence-electron chi connectivity index (χ4n) is 2.06. The molecule has 15 heavy (non-hydrogen) atoms. The lowest BCUT2D eigenvalue weighted by atomic mass is 10.0. The van der Waals surface area contributed by atoms with Gasteiger partial charge in [0, 0.05) is 6.61 Å². The largest absolute Gasteiger partial charge is 0.379 e. The van der Waals surface area contributed by atoms with Gasteiger partial charge in [0.2, 0.25) is 0 Å². The first kappa shape index (κ1) is 12.5. The summed E-state index contributed by atoms with van der Waals surface area (Å²) in [7, 11) is 0. The summed E-state index contributed by atoms with van der Waals surface area (Å²) < 4.78 is 5.42. The maximum Gasteiger partial charge on any atom is 0.129 e. The van der Waals surface area contributed by atoms with Gasteiger partial charge in [-0.2, -0.15) is 5.26 Å². The average molecular weight is 210 g/mol. The number of nitriles is 1. The second kappa shape index (κ2) is 6.09. The van der Waals surface area contributed by atoms with Gasteiger partial charge in [-0.3, -0.25) is 4.90 Å². The van der Waals surface area contributed by atoms with Crippen LogP contribution in [0.5, 0.6) is 0 Å². The van der Waals surface area contributed by atoms with Crippen molar-refractivity contribution in [3.63, 3.8) is 0 Å². The molecule has 1 aliphatic heterocycles. The molecule has 1 heterocycles. The van der Waals surface area contributed by atoms with Crippen LogP contribution in [0.2, 0.25) is 0 Å². The second-order valence-corrected chi connectivity index (χ2v) is 4.42. The van der Waals surface area contributed by atoms with Crippen LogP contribution in [0.4, 0.5) is 0 Å². The third-order valence-corrected chi connectivity index (χ3v) is 3.13. The number of nitrogens with zero attached hydrogens (tertiary/aromatic N) is 2. The summed E-state index contributed by atoms with van der Waals surface area (Å²) in [5, 5.41) is 9.28. The smallest absolute Gasteiger partial charge is 0.129 e. The number of rotatable bonds is 4. The van der Waals surface area contributed by atoms with Gasteiger partial charge >= 0.3 is 0 Å². The fraction of sp³-hybridized carbons (Fsp3) is 0.917. The molecule has 0 aromatic carbocycles. The van der Waals surface area contributed by atoms with E-state index in [1.807, 2.05) is 13.8 Å². The van der Waals surface area contributed by atoms with Crippen molar-refractivity contribution in [1.29, 1.82) is 5.26 Å². The molecule has 0 amide bonds. The van der Waals surface area contributed by atoms with Gasteiger partial charge in [0.05, 0.1) is 12.7 Å². The van der Waals surface area contributed by atoms with E-state index in [9.17, 15) is 5.26 Å². The molecule has 86 valence electrons. The molecule has 0 saturated carbocycles. The highest BCUT2D eigenvalue weighted by atomic mass is 16.5. The van der Waals surface area contributed by atoms with E-state index < -0.39 is 5.54 Å². The lowest BCUT2D eigenvalue weighted by molar-refractivity contribution is 0.0389. The molecule has 1 aliphatic rings. The number of likely N-dealkylation sites (tertiary alicyclic amines) is 1. The van der Waals surface area contributed by atoms with E-state index in [2.05, 4.69) is 11.0 Å². The van der Waals surface area contributed by atoms with Crippen LogP contribution in [-0.2, 0) is 4.74 Å². The molecular weight excluding hydrogens is 188 g/mol. The van der Waals surface area contributed by atoms with Gasteiger partial charge in [-0.25, -0.2) is 0 Å². The van der Waals surface area contributed by atoms with Crippen LogP contribution in [-0.4, -0.2) is 36.7 Å². The zero-order valence-corrected chi connectivity index (χ0v) is 9.96. The molecule has 0 bridgehead atoms. The van der Waals surface area contributed by atoms with E-state index >= 15 is 0 Å². The van der Waals surface area contributed by atoms with Crippen molar-refractivity contribution in [1.82, 2.24) is 4.90 Å². The summed E-state index contributed by atoms with van der Waals surface area (Å²) >= 11 is 0. The Morgan fingerprint density at radius 3 is 2.33 bits per heavy atom. The first-order valence-corrected chi connectivity index (χ1v) is 5.97. The zero-order chi connectivity index (χ0) is 11.1. The van der Waals surface area contributed by atoms with E-state index in [0.29, 0.717) is 13.2 Å². The number of hydrogen-bond donors (Lipinski definition) is 0. The quantitative estimate of drug-likeness (QED) is 0.713. The molecule has 0 aromatic rings. The lowest BCUT2D eigenvalue weighted by Gasteiger charge is -2.34. The molecule has 1 unspecified atom stereocenters. The van der Waals surface area contributed by atoms with E-state index in [1.54, 1.807) is 0 Å². The molecule has 0 N–H and O–H groups in total. The van der Waals surface area contributed by atoms with Gasteiger partial charge in [-0.15, -0.1) is 0 Å². The Morgan fingerprint density at radius 1 is 1.27 bits per heavy atom. The topological polar surface area (TPSA) is 36.3 Å². The molecule has 0 spiro atoms. The molecule has 3 nitrogen and oxygen atoms in total. The molecule has 0 aromatic heterocycles. The predicted molar refractivity (Wildman–Crippen MR) is 60.6 cm³/mol. The maximum atomic E-state index is 9.28. The van der Waals surface area contributed by atoms with Crippen molar-refractivity contribution in [2.45, 2.75) is 45.1 Å². The highest BCUT2D eigenvalue weighted by Crippen LogP contribution is 2.20. The molecular formula is C12H22N2O. The molecule has 1 rings (SSSR count). The van der Waals surface area contributed by atoms with Crippen LogP contribution in [0, 0.1) is 11.3 Å². The minimum Gasteiger partial charge on any atom is -0.379 e. The third-order valence-electron chi connectivity index (χ3n) is 3.13. The Labute approximate surface area is 93.0 Å². The Bertz CT molecular complexity index is 216. The SMILES string of the molecule is CCOCC(C)(C#N)N1CCCCCC1. The second-order valence-electron chi connectivity index (χ2n) is 4.42. The summed E-state index contributed by atoms with van der Waals surface area (Å²) in [6, 6.07) is 2.41. The zero-order valence-electron chi connectivity index (χ0n) is 9.96. The van der Waals surface area contributed by atoms with Gasteiger partial charge < -0.3 is 4.74 Å². The van der Waals surface area contributed by atoms with E-state index in [1.165, 1.54) is 25.7 Å². The standard InChI is InChI=1S/C12H22N2O/c1-3-15-11-12(2,10-13)14-8-6-4-5-7-9-14/h3-9,11H2,1-2H3. The minimum absolute atomic E-state index is 0.430. The van der Waals surface area contributed by atoms with Crippen molar-refractivity contribution in [2.24, 2.45) is 0 Å². The van der Waals surface area contributed by atoms with Crippen molar-refractivity contribution >= 4 is 0 Å². The summed E-state index contributed by atoms with van der Waals surface area (Å²) in [5.41, 5.74) is -0.430. The Hall–Kier alpha value is -0.590. The Balaban J connectivity index is 2.58. The number of ether oxygens (including phenoxy) is 1. The van der Waals surface area contributed by atoms with Crippen LogP contribution >= 0.6 is 0 Å². The van der Waals surface area contributed by atoms with Crippen molar-refractivity contribution in [3.8, 4) is 6.07 Å². The highest BCUT2D eigenvalue weighted by molar-refractivity contribution is 5.05. The average Bonchev–Trinajstić information content (AvgIpc) is 2.54. The van der Waals surface area contributed by atoms with E-state index in [-0.39, 0.29) is 0 Å². The van der Waals surface area contributed by atoms with E-state index in [0.717, 1.165) is 13.1 Å². The number of hydrogen-bond acceptors (Lipinski definition) is 3. The maximum absolute atomic E-state index is 9.28. The Morgan fingerprint density at radius 2 is 1.87 bits per heavy atom. The third kappa shape index (κ3) is 3.48. The molecule has 3 heteroatoms. The van der Waals surface area contributed by atoms with Crippen molar-refractivity contribution in [2.75, 3.05) is 26.3 Å². The van der Waals surface area contributed by atoms with Crippen LogP contribution in [0.1, 0.15) is 39.5 Å². The first-order chi connectivity index (χ1) is 7.23. The van der Waals surface area contributed by atoms with Crippen LogP contribution < -0.4 is 0 Å². The van der Waals surface area contributed by atoms with Crippen LogP contribution in [0.25, 0.3) is 0 Å². The van der Waals surface area contributed by atoms with Gasteiger partial charge in [0.15, 0.2) is 0 Å². The Kier molecular flexibility index (Phi) is 5.07. The summed E-state index contributed by atoms with van der Waals surface area (Å²) in [5.74, 6) is 0. The van der Waals surface area contributed by atoms with E-state index in [4.69, 9.17) is 4.74 Å². The fourth-order valence-corrected chi connectivity index (χ4v) is 2.06. The van der Waals surface area contributed by atoms with Gasteiger partial charge in [0.25, 0.3) is 0 Å². The molecule has 0 aliphatic carbocycles. The molecule has 0 radical (unpaired) electrons. The van der Waals surface area contributed by atoms with Crippen LogP contribution in [0.15, 0.2) is 0 Å². The molecule has 1 saturated heterocycles. The lowest BCUT2D eigenvalue weighted by Crippen LogP contribution is -2.49. The summed E-state index contributed by atoms with van der Waals surface area (Å²) in [6.07, 6.45) is 5.02. The summed E-state index contributed by atoms with van der Waals surface area (Å²) in [4.78, 5) is 2.29.